The number of nitrogens with zero attached hydrogens (tertiary/aromatic N) is 2. The fraction of sp³-hybridized carbons (Fsp3) is 0.200. The van der Waals surface area contributed by atoms with Crippen molar-refractivity contribution in [3.63, 3.8) is 0 Å². The summed E-state index contributed by atoms with van der Waals surface area (Å²) < 4.78 is 13.1. The molecule has 0 unspecified atom stereocenters. The van der Waals surface area contributed by atoms with Crippen LogP contribution in [0.15, 0.2) is 59.5 Å². The highest BCUT2D eigenvalue weighted by Crippen LogP contribution is 2.34. The van der Waals surface area contributed by atoms with Gasteiger partial charge in [-0.15, -0.1) is 0 Å². The van der Waals surface area contributed by atoms with Gasteiger partial charge in [0.15, 0.2) is 0 Å². The van der Waals surface area contributed by atoms with E-state index in [-0.39, 0.29) is 24.3 Å². The fourth-order valence-electron chi connectivity index (χ4n) is 3.72. The number of ether oxygens (including phenoxy) is 2. The number of methoxy groups -OCH3 is 1. The van der Waals surface area contributed by atoms with E-state index >= 15 is 0 Å². The molecule has 1 aromatic heterocycles. The minimum atomic E-state index is -0.320. The highest BCUT2D eigenvalue weighted by Gasteiger charge is 2.35. The first kappa shape index (κ1) is 23.0. The van der Waals surface area contributed by atoms with Crippen LogP contribution >= 0.6 is 23.4 Å². The van der Waals surface area contributed by atoms with Gasteiger partial charge in [-0.3, -0.25) is 14.5 Å². The van der Waals surface area contributed by atoms with Crippen LogP contribution in [-0.2, 0) is 4.79 Å². The maximum atomic E-state index is 12.9. The molecule has 1 aliphatic heterocycles. The highest BCUT2D eigenvalue weighted by atomic mass is 35.5. The van der Waals surface area contributed by atoms with Crippen LogP contribution in [0.5, 0.6) is 11.5 Å². The molecular weight excluding hydrogens is 460 g/mol. The topological polar surface area (TPSA) is 60.8 Å². The molecule has 4 rings (SSSR count). The van der Waals surface area contributed by atoms with Crippen molar-refractivity contribution in [2.75, 3.05) is 20.3 Å². The van der Waals surface area contributed by atoms with Crippen molar-refractivity contribution in [2.24, 2.45) is 0 Å². The summed E-state index contributed by atoms with van der Waals surface area (Å²) in [4.78, 5) is 27.0. The van der Waals surface area contributed by atoms with Gasteiger partial charge >= 0.3 is 0 Å². The predicted molar refractivity (Wildman–Crippen MR) is 131 cm³/mol. The summed E-state index contributed by atoms with van der Waals surface area (Å²) in [5, 5.41) is 0.175. The maximum Gasteiger partial charge on any atom is 0.293 e. The van der Waals surface area contributed by atoms with Gasteiger partial charge in [-0.2, -0.15) is 0 Å². The third-order valence-corrected chi connectivity index (χ3v) is 6.57. The molecule has 0 N–H and O–H groups in total. The largest absolute Gasteiger partial charge is 0.497 e. The third kappa shape index (κ3) is 4.79. The van der Waals surface area contributed by atoms with E-state index in [2.05, 4.69) is 4.57 Å². The van der Waals surface area contributed by atoms with Crippen molar-refractivity contribution in [2.45, 2.75) is 13.8 Å². The quantitative estimate of drug-likeness (QED) is 0.394. The first-order valence-electron chi connectivity index (χ1n) is 10.3. The van der Waals surface area contributed by atoms with Crippen molar-refractivity contribution < 1.29 is 19.1 Å². The van der Waals surface area contributed by atoms with E-state index in [9.17, 15) is 9.59 Å². The Kier molecular flexibility index (Phi) is 6.81. The van der Waals surface area contributed by atoms with Crippen molar-refractivity contribution in [1.29, 1.82) is 0 Å². The molecule has 6 nitrogen and oxygen atoms in total. The number of thioether (sulfide) groups is 1. The van der Waals surface area contributed by atoms with Crippen LogP contribution in [0, 0.1) is 13.8 Å². The van der Waals surface area contributed by atoms with Gasteiger partial charge in [-0.1, -0.05) is 29.8 Å². The lowest BCUT2D eigenvalue weighted by Gasteiger charge is -2.13. The Balaban J connectivity index is 1.51. The molecule has 1 saturated heterocycles. The van der Waals surface area contributed by atoms with Gasteiger partial charge in [-0.25, -0.2) is 0 Å². The lowest BCUT2D eigenvalue weighted by molar-refractivity contribution is -0.123. The van der Waals surface area contributed by atoms with Crippen LogP contribution in [0.2, 0.25) is 5.02 Å². The predicted octanol–water partition coefficient (Wildman–Crippen LogP) is 5.87. The fourth-order valence-corrected chi connectivity index (χ4v) is 4.77. The summed E-state index contributed by atoms with van der Waals surface area (Å²) in [6, 6.07) is 16.9. The summed E-state index contributed by atoms with van der Waals surface area (Å²) in [6.07, 6.45) is 1.78. The standard InChI is InChI=1S/C25H23ClN2O4S/c1-16-13-18(17(2)28(16)19-7-6-8-20(15-19)31-3)14-23-24(29)27(25(30)33-23)11-12-32-22-10-5-4-9-21(22)26/h4-10,13-15H,11-12H2,1-3H3/b23-14-. The van der Waals surface area contributed by atoms with Crippen LogP contribution < -0.4 is 9.47 Å². The monoisotopic (exact) mass is 482 g/mol. The summed E-state index contributed by atoms with van der Waals surface area (Å²) >= 11 is 7.03. The zero-order valence-corrected chi connectivity index (χ0v) is 20.1. The summed E-state index contributed by atoms with van der Waals surface area (Å²) in [5.74, 6) is 0.965. The van der Waals surface area contributed by atoms with Crippen molar-refractivity contribution >= 4 is 40.6 Å². The SMILES string of the molecule is COc1cccc(-n2c(C)cc(/C=C3\SC(=O)N(CCOc4ccccc4Cl)C3=O)c2C)c1. The number of aromatic nitrogens is 1. The van der Waals surface area contributed by atoms with Crippen molar-refractivity contribution in [3.05, 3.63) is 81.5 Å². The molecule has 8 heteroatoms. The number of hydrogen-bond acceptors (Lipinski definition) is 5. The van der Waals surface area contributed by atoms with Gasteiger partial charge in [0, 0.05) is 23.1 Å². The number of halogens is 1. The molecule has 0 radical (unpaired) electrons. The first-order chi connectivity index (χ1) is 15.9. The molecular formula is C25H23ClN2O4S. The van der Waals surface area contributed by atoms with E-state index in [1.54, 1.807) is 25.3 Å². The molecule has 2 aromatic carbocycles. The van der Waals surface area contributed by atoms with E-state index in [0.29, 0.717) is 15.7 Å². The average Bonchev–Trinajstić information content (AvgIpc) is 3.23. The molecule has 170 valence electrons. The second-order valence-electron chi connectivity index (χ2n) is 7.48. The third-order valence-electron chi connectivity index (χ3n) is 5.35. The van der Waals surface area contributed by atoms with E-state index in [4.69, 9.17) is 21.1 Å². The second kappa shape index (κ2) is 9.77. The number of para-hydroxylation sites is 1. The Labute approximate surface area is 201 Å². The highest BCUT2D eigenvalue weighted by molar-refractivity contribution is 8.18. The summed E-state index contributed by atoms with van der Waals surface area (Å²) in [5.41, 5.74) is 3.83. The first-order valence-corrected chi connectivity index (χ1v) is 11.5. The van der Waals surface area contributed by atoms with Crippen LogP contribution in [0.4, 0.5) is 4.79 Å². The molecule has 0 bridgehead atoms. The minimum absolute atomic E-state index is 0.149. The van der Waals surface area contributed by atoms with Gasteiger partial charge in [0.25, 0.3) is 11.1 Å². The van der Waals surface area contributed by atoms with E-state index in [1.165, 1.54) is 4.90 Å². The number of benzene rings is 2. The van der Waals surface area contributed by atoms with Gasteiger partial charge in [-0.05, 0) is 67.6 Å². The Morgan fingerprint density at radius 1 is 1.06 bits per heavy atom. The number of hydrogen-bond donors (Lipinski definition) is 0. The van der Waals surface area contributed by atoms with Gasteiger partial charge in [0.05, 0.1) is 23.6 Å². The minimum Gasteiger partial charge on any atom is -0.497 e. The second-order valence-corrected chi connectivity index (χ2v) is 8.88. The zero-order valence-electron chi connectivity index (χ0n) is 18.5. The molecule has 0 atom stereocenters. The molecule has 1 fully saturated rings. The summed E-state index contributed by atoms with van der Waals surface area (Å²) in [7, 11) is 1.63. The van der Waals surface area contributed by atoms with Crippen LogP contribution in [-0.4, -0.2) is 40.9 Å². The number of rotatable bonds is 7. The molecule has 3 aromatic rings. The Morgan fingerprint density at radius 2 is 1.85 bits per heavy atom. The zero-order chi connectivity index (χ0) is 23.5. The van der Waals surface area contributed by atoms with Crippen molar-refractivity contribution in [1.82, 2.24) is 9.47 Å². The van der Waals surface area contributed by atoms with Crippen LogP contribution in [0.3, 0.4) is 0 Å². The van der Waals surface area contributed by atoms with E-state index in [1.807, 2.05) is 56.3 Å². The molecule has 0 saturated carbocycles. The van der Waals surface area contributed by atoms with E-state index in [0.717, 1.165) is 40.2 Å². The molecule has 2 amide bonds. The summed E-state index contributed by atoms with van der Waals surface area (Å²) in [6.45, 7) is 4.30. The normalized spacial score (nSPS) is 14.9. The number of carbonyl (C=O) groups excluding carboxylic acids is 2. The molecule has 33 heavy (non-hydrogen) atoms. The Bertz CT molecular complexity index is 1250. The Morgan fingerprint density at radius 3 is 2.61 bits per heavy atom. The average molecular weight is 483 g/mol. The van der Waals surface area contributed by atoms with Crippen molar-refractivity contribution in [3.8, 4) is 17.2 Å². The number of aryl methyl sites for hydroxylation is 1. The maximum absolute atomic E-state index is 12.9. The molecule has 1 aliphatic rings. The van der Waals surface area contributed by atoms with Gasteiger partial charge in [0.2, 0.25) is 0 Å². The number of imide groups is 1. The number of amides is 2. The molecule has 0 aliphatic carbocycles. The van der Waals surface area contributed by atoms with E-state index < -0.39 is 0 Å². The van der Waals surface area contributed by atoms with Crippen LogP contribution in [0.1, 0.15) is 17.0 Å². The lowest BCUT2D eigenvalue weighted by Crippen LogP contribution is -2.32. The molecule has 0 spiro atoms. The number of carbonyl (C=O) groups is 2. The lowest BCUT2D eigenvalue weighted by atomic mass is 10.2. The smallest absolute Gasteiger partial charge is 0.293 e. The van der Waals surface area contributed by atoms with Crippen LogP contribution in [0.25, 0.3) is 11.8 Å². The molecule has 2 heterocycles. The Hall–Kier alpha value is -3.16. The van der Waals surface area contributed by atoms with Gasteiger partial charge in [0.1, 0.15) is 18.1 Å². The van der Waals surface area contributed by atoms with Gasteiger partial charge < -0.3 is 14.0 Å².